The van der Waals surface area contributed by atoms with Crippen molar-refractivity contribution < 1.29 is 23.1 Å². The first-order valence-corrected chi connectivity index (χ1v) is 9.85. The van der Waals surface area contributed by atoms with E-state index in [0.29, 0.717) is 5.56 Å². The Labute approximate surface area is 172 Å². The Kier molecular flexibility index (Phi) is 13.7. The summed E-state index contributed by atoms with van der Waals surface area (Å²) in [5, 5.41) is 0. The lowest BCUT2D eigenvalue weighted by Crippen LogP contribution is -2.14. The van der Waals surface area contributed by atoms with Crippen LogP contribution in [0.25, 0.3) is 0 Å². The predicted molar refractivity (Wildman–Crippen MR) is 114 cm³/mol. The van der Waals surface area contributed by atoms with E-state index in [2.05, 4.69) is 11.3 Å². The highest BCUT2D eigenvalue weighted by Gasteiger charge is 2.19. The number of ether oxygens (including phenoxy) is 1. The van der Waals surface area contributed by atoms with Gasteiger partial charge in [0.05, 0.1) is 0 Å². The highest BCUT2D eigenvalue weighted by Crippen LogP contribution is 2.17. The minimum atomic E-state index is -2.94. The number of aryl methyl sites for hydroxylation is 1. The molecule has 158 valence electrons. The second-order valence-electron chi connectivity index (χ2n) is 5.44. The van der Waals surface area contributed by atoms with Crippen molar-refractivity contribution in [1.82, 2.24) is 0 Å². The van der Waals surface area contributed by atoms with E-state index in [1.807, 2.05) is 39.8 Å². The van der Waals surface area contributed by atoms with Gasteiger partial charge in [-0.15, -0.1) is 6.58 Å². The summed E-state index contributed by atoms with van der Waals surface area (Å²) in [7, 11) is 0. The van der Waals surface area contributed by atoms with E-state index in [4.69, 9.17) is 0 Å². The van der Waals surface area contributed by atoms with Crippen LogP contribution in [-0.2, 0) is 6.42 Å². The minimum Gasteiger partial charge on any atom is -0.435 e. The average Bonchev–Trinajstić information content (AvgIpc) is 2.76. The van der Waals surface area contributed by atoms with Crippen LogP contribution in [0.2, 0.25) is 0 Å². The first kappa shape index (κ1) is 26.2. The molecular weight excluding hydrogens is 374 g/mol. The molecule has 0 aliphatic rings. The molecule has 0 radical (unpaired) electrons. The number of rotatable bonds is 9. The lowest BCUT2D eigenvalue weighted by molar-refractivity contribution is -0.0498. The van der Waals surface area contributed by atoms with E-state index >= 15 is 0 Å². The molecule has 2 rings (SSSR count). The third kappa shape index (κ3) is 9.28. The standard InChI is InChI=1S/C20H18F2O3.2C2H6/c1-2-3-4-6-14-7-5-8-16(13-14)19(24)18(23)15-9-11-17(12-10-15)25-20(21)22;2*1-2/h2,5,7-13,20H,1,3-4,6H2;2*1-2H3. The fourth-order valence-corrected chi connectivity index (χ4v) is 2.37. The monoisotopic (exact) mass is 404 g/mol. The van der Waals surface area contributed by atoms with Gasteiger partial charge in [0, 0.05) is 11.1 Å². The Morgan fingerprint density at radius 3 is 2.10 bits per heavy atom. The fraction of sp³-hybridized carbons (Fsp3) is 0.333. The molecule has 0 saturated carbocycles. The van der Waals surface area contributed by atoms with Crippen molar-refractivity contribution in [2.75, 3.05) is 0 Å². The number of carbonyl (C=O) groups excluding carboxylic acids is 2. The predicted octanol–water partition coefficient (Wildman–Crippen LogP) is 6.91. The smallest absolute Gasteiger partial charge is 0.387 e. The van der Waals surface area contributed by atoms with Gasteiger partial charge in [0.25, 0.3) is 0 Å². The molecule has 0 bridgehead atoms. The maximum atomic E-state index is 12.4. The van der Waals surface area contributed by atoms with E-state index < -0.39 is 18.2 Å². The molecule has 0 aliphatic carbocycles. The molecule has 0 aromatic heterocycles. The maximum absolute atomic E-state index is 12.4. The molecule has 0 aliphatic heterocycles. The number of halogens is 2. The molecule has 0 spiro atoms. The van der Waals surface area contributed by atoms with E-state index in [-0.39, 0.29) is 11.3 Å². The molecule has 0 atom stereocenters. The van der Waals surface area contributed by atoms with E-state index in [1.165, 1.54) is 24.3 Å². The highest BCUT2D eigenvalue weighted by atomic mass is 19.3. The van der Waals surface area contributed by atoms with Crippen molar-refractivity contribution in [1.29, 1.82) is 0 Å². The number of carbonyl (C=O) groups is 2. The van der Waals surface area contributed by atoms with Gasteiger partial charge in [-0.05, 0) is 55.2 Å². The van der Waals surface area contributed by atoms with Crippen LogP contribution in [0.15, 0.2) is 61.2 Å². The van der Waals surface area contributed by atoms with Gasteiger partial charge in [0.2, 0.25) is 11.6 Å². The Bertz CT molecular complexity index is 753. The maximum Gasteiger partial charge on any atom is 0.387 e. The Balaban J connectivity index is 0.00000184. The van der Waals surface area contributed by atoms with Gasteiger partial charge in [-0.3, -0.25) is 9.59 Å². The summed E-state index contributed by atoms with van der Waals surface area (Å²) >= 11 is 0. The van der Waals surface area contributed by atoms with Crippen LogP contribution in [-0.4, -0.2) is 18.2 Å². The molecule has 0 N–H and O–H groups in total. The molecule has 0 fully saturated rings. The fourth-order valence-electron chi connectivity index (χ4n) is 2.37. The zero-order chi connectivity index (χ0) is 22.2. The van der Waals surface area contributed by atoms with E-state index in [9.17, 15) is 18.4 Å². The van der Waals surface area contributed by atoms with Gasteiger partial charge in [-0.2, -0.15) is 8.78 Å². The highest BCUT2D eigenvalue weighted by molar-refractivity contribution is 6.49. The average molecular weight is 404 g/mol. The van der Waals surface area contributed by atoms with Crippen LogP contribution in [0.3, 0.4) is 0 Å². The van der Waals surface area contributed by atoms with Crippen LogP contribution in [0.4, 0.5) is 8.78 Å². The molecule has 5 heteroatoms. The number of benzene rings is 2. The van der Waals surface area contributed by atoms with Crippen molar-refractivity contribution in [3.63, 3.8) is 0 Å². The van der Waals surface area contributed by atoms with Crippen molar-refractivity contribution in [2.45, 2.75) is 53.6 Å². The first-order chi connectivity index (χ1) is 14.0. The first-order valence-electron chi connectivity index (χ1n) is 9.85. The van der Waals surface area contributed by atoms with Crippen molar-refractivity contribution in [3.05, 3.63) is 77.9 Å². The molecular formula is C24H30F2O3. The van der Waals surface area contributed by atoms with Gasteiger partial charge in [-0.25, -0.2) is 0 Å². The summed E-state index contributed by atoms with van der Waals surface area (Å²) in [6.07, 6.45) is 4.42. The van der Waals surface area contributed by atoms with E-state index in [0.717, 1.165) is 24.8 Å². The van der Waals surface area contributed by atoms with Crippen molar-refractivity contribution in [2.24, 2.45) is 0 Å². The van der Waals surface area contributed by atoms with Crippen molar-refractivity contribution >= 4 is 11.6 Å². The number of allylic oxidation sites excluding steroid dienone is 1. The van der Waals surface area contributed by atoms with Crippen molar-refractivity contribution in [3.8, 4) is 5.75 Å². The van der Waals surface area contributed by atoms with Gasteiger partial charge in [0.15, 0.2) is 0 Å². The van der Waals surface area contributed by atoms with Gasteiger partial charge < -0.3 is 4.74 Å². The Morgan fingerprint density at radius 1 is 0.966 bits per heavy atom. The number of hydrogen-bond donors (Lipinski definition) is 0. The lowest BCUT2D eigenvalue weighted by atomic mass is 9.98. The molecule has 2 aromatic rings. The Morgan fingerprint density at radius 2 is 1.55 bits per heavy atom. The zero-order valence-electron chi connectivity index (χ0n) is 17.6. The van der Waals surface area contributed by atoms with Crippen LogP contribution >= 0.6 is 0 Å². The molecule has 0 heterocycles. The van der Waals surface area contributed by atoms with Crippen LogP contribution in [0, 0.1) is 0 Å². The number of unbranched alkanes of at least 4 members (excludes halogenated alkanes) is 1. The lowest BCUT2D eigenvalue weighted by Gasteiger charge is -2.06. The minimum absolute atomic E-state index is 0.0665. The normalized spacial score (nSPS) is 9.48. The molecule has 0 unspecified atom stereocenters. The second kappa shape index (κ2) is 15.1. The SMILES string of the molecule is C=CCCCc1cccc(C(=O)C(=O)c2ccc(OC(F)F)cc2)c1.CC.CC. The summed E-state index contributed by atoms with van der Waals surface area (Å²) in [6, 6.07) is 12.0. The number of ketones is 2. The molecule has 0 saturated heterocycles. The van der Waals surface area contributed by atoms with Crippen LogP contribution < -0.4 is 4.74 Å². The van der Waals surface area contributed by atoms with Crippen LogP contribution in [0.1, 0.15) is 66.8 Å². The molecule has 29 heavy (non-hydrogen) atoms. The molecule has 2 aromatic carbocycles. The summed E-state index contributed by atoms with van der Waals surface area (Å²) in [4.78, 5) is 24.7. The Hall–Kier alpha value is -2.82. The topological polar surface area (TPSA) is 43.4 Å². The number of alkyl halides is 2. The van der Waals surface area contributed by atoms with Gasteiger partial charge in [-0.1, -0.05) is 52.0 Å². The summed E-state index contributed by atoms with van der Waals surface area (Å²) in [6.45, 7) is 8.73. The van der Waals surface area contributed by atoms with Crippen LogP contribution in [0.5, 0.6) is 5.75 Å². The third-order valence-electron chi connectivity index (χ3n) is 3.61. The van der Waals surface area contributed by atoms with Gasteiger partial charge in [0.1, 0.15) is 5.75 Å². The number of hydrogen-bond acceptors (Lipinski definition) is 3. The summed E-state index contributed by atoms with van der Waals surface area (Å²) in [5.74, 6) is -1.39. The largest absolute Gasteiger partial charge is 0.435 e. The van der Waals surface area contributed by atoms with E-state index in [1.54, 1.807) is 18.2 Å². The number of Topliss-reactive ketones (excluding diaryl/α,β-unsaturated/α-hetero) is 2. The summed E-state index contributed by atoms with van der Waals surface area (Å²) in [5.41, 5.74) is 1.42. The molecule has 0 amide bonds. The quantitative estimate of drug-likeness (QED) is 0.197. The zero-order valence-corrected chi connectivity index (χ0v) is 17.6. The van der Waals surface area contributed by atoms with Gasteiger partial charge >= 0.3 is 6.61 Å². The molecule has 3 nitrogen and oxygen atoms in total. The second-order valence-corrected chi connectivity index (χ2v) is 5.44. The summed E-state index contributed by atoms with van der Waals surface area (Å²) < 4.78 is 28.5. The third-order valence-corrected chi connectivity index (χ3v) is 3.61.